The second-order valence-electron chi connectivity index (χ2n) is 10.6. The SMILES string of the molecule is c1ccc2c(N(c3cccc4ccccc34)N(c3cccc4ccccc34)c3cccc4ccccc34)cccc2c1. The fraction of sp³-hybridized carbons (Fsp3) is 0. The Bertz CT molecular complexity index is 1890. The predicted octanol–water partition coefficient (Wildman–Crippen LogP) is 11.2. The van der Waals surface area contributed by atoms with E-state index in [0.717, 1.165) is 22.7 Å². The van der Waals surface area contributed by atoms with Crippen LogP contribution in [0.25, 0.3) is 43.1 Å². The molecule has 0 bridgehead atoms. The number of hydrazine groups is 1. The van der Waals surface area contributed by atoms with Gasteiger partial charge in [-0.1, -0.05) is 146 Å². The molecule has 0 radical (unpaired) electrons. The van der Waals surface area contributed by atoms with Crippen molar-refractivity contribution in [2.75, 3.05) is 10.0 Å². The summed E-state index contributed by atoms with van der Waals surface area (Å²) in [5, 5.41) is 14.4. The zero-order valence-electron chi connectivity index (χ0n) is 23.1. The smallest absolute Gasteiger partial charge is 0.0715 e. The minimum Gasteiger partial charge on any atom is -0.248 e. The van der Waals surface area contributed by atoms with Crippen LogP contribution < -0.4 is 10.0 Å². The molecule has 0 aliphatic heterocycles. The average molecular weight is 537 g/mol. The lowest BCUT2D eigenvalue weighted by Crippen LogP contribution is -2.36. The normalized spacial score (nSPS) is 11.3. The maximum atomic E-state index is 2.42. The van der Waals surface area contributed by atoms with Gasteiger partial charge in [0.05, 0.1) is 22.7 Å². The Morgan fingerprint density at radius 3 is 0.690 bits per heavy atom. The van der Waals surface area contributed by atoms with Crippen LogP contribution in [0.1, 0.15) is 0 Å². The molecule has 0 saturated carbocycles. The molecule has 42 heavy (non-hydrogen) atoms. The summed E-state index contributed by atoms with van der Waals surface area (Å²) in [5.41, 5.74) is 4.46. The van der Waals surface area contributed by atoms with Gasteiger partial charge in [0.25, 0.3) is 0 Å². The van der Waals surface area contributed by atoms with Crippen LogP contribution in [0.3, 0.4) is 0 Å². The molecule has 0 aliphatic rings. The third kappa shape index (κ3) is 3.96. The molecule has 2 heteroatoms. The molecule has 2 nitrogen and oxygen atoms in total. The maximum Gasteiger partial charge on any atom is 0.0715 e. The third-order valence-electron chi connectivity index (χ3n) is 8.18. The van der Waals surface area contributed by atoms with E-state index in [9.17, 15) is 0 Å². The number of hydrogen-bond acceptors (Lipinski definition) is 2. The number of nitrogens with zero attached hydrogens (tertiary/aromatic N) is 2. The molecular weight excluding hydrogens is 508 g/mol. The summed E-state index contributed by atoms with van der Waals surface area (Å²) in [6, 6.07) is 61.1. The molecule has 0 aliphatic carbocycles. The van der Waals surface area contributed by atoms with Crippen molar-refractivity contribution in [1.82, 2.24) is 0 Å². The first-order valence-corrected chi connectivity index (χ1v) is 14.4. The summed E-state index contributed by atoms with van der Waals surface area (Å²) in [7, 11) is 0. The minimum absolute atomic E-state index is 1.12. The van der Waals surface area contributed by atoms with Gasteiger partial charge in [-0.05, 0) is 45.8 Å². The van der Waals surface area contributed by atoms with Crippen LogP contribution in [-0.4, -0.2) is 0 Å². The maximum absolute atomic E-state index is 2.42. The molecule has 0 saturated heterocycles. The van der Waals surface area contributed by atoms with Gasteiger partial charge < -0.3 is 0 Å². The molecule has 198 valence electrons. The number of anilines is 4. The van der Waals surface area contributed by atoms with Gasteiger partial charge in [-0.25, -0.2) is 10.0 Å². The van der Waals surface area contributed by atoms with E-state index in [0.29, 0.717) is 0 Å². The van der Waals surface area contributed by atoms with Crippen molar-refractivity contribution in [3.8, 4) is 0 Å². The molecule has 8 aromatic rings. The second-order valence-corrected chi connectivity index (χ2v) is 10.6. The van der Waals surface area contributed by atoms with E-state index in [1.54, 1.807) is 0 Å². The quantitative estimate of drug-likeness (QED) is 0.202. The molecule has 0 fully saturated rings. The van der Waals surface area contributed by atoms with E-state index < -0.39 is 0 Å². The number of fused-ring (bicyclic) bond motifs is 4. The van der Waals surface area contributed by atoms with Crippen molar-refractivity contribution in [2.45, 2.75) is 0 Å². The Hall–Kier alpha value is -5.60. The summed E-state index contributed by atoms with van der Waals surface area (Å²) in [6.45, 7) is 0. The molecule has 8 aromatic carbocycles. The molecule has 0 N–H and O–H groups in total. The first-order chi connectivity index (χ1) is 20.9. The largest absolute Gasteiger partial charge is 0.248 e. The Balaban J connectivity index is 1.55. The fourth-order valence-corrected chi connectivity index (χ4v) is 6.26. The fourth-order valence-electron chi connectivity index (χ4n) is 6.26. The standard InChI is InChI=1S/C40H28N2/c1-5-21-33-29(13-1)17-9-25-37(33)41(38-26-10-18-30-14-2-6-22-34(30)38)42(39-27-11-19-31-15-3-7-23-35(31)39)40-28-12-20-32-16-4-8-24-36(32)40/h1-28H. The molecule has 0 spiro atoms. The Kier molecular flexibility index (Phi) is 5.82. The Labute approximate surface area is 245 Å². The van der Waals surface area contributed by atoms with Crippen LogP contribution >= 0.6 is 0 Å². The molecule has 0 atom stereocenters. The lowest BCUT2D eigenvalue weighted by molar-refractivity contribution is 1.01. The van der Waals surface area contributed by atoms with Gasteiger partial charge in [-0.3, -0.25) is 0 Å². The van der Waals surface area contributed by atoms with Gasteiger partial charge >= 0.3 is 0 Å². The van der Waals surface area contributed by atoms with Crippen LogP contribution in [0.2, 0.25) is 0 Å². The summed E-state index contributed by atoms with van der Waals surface area (Å²) in [6.07, 6.45) is 0. The Morgan fingerprint density at radius 2 is 0.429 bits per heavy atom. The van der Waals surface area contributed by atoms with Crippen molar-refractivity contribution in [1.29, 1.82) is 0 Å². The Morgan fingerprint density at radius 1 is 0.214 bits per heavy atom. The molecule has 0 amide bonds. The van der Waals surface area contributed by atoms with E-state index >= 15 is 0 Å². The molecule has 0 unspecified atom stereocenters. The number of hydrogen-bond donors (Lipinski definition) is 0. The first kappa shape index (κ1) is 24.2. The van der Waals surface area contributed by atoms with Crippen molar-refractivity contribution >= 4 is 65.8 Å². The van der Waals surface area contributed by atoms with E-state index in [-0.39, 0.29) is 0 Å². The highest BCUT2D eigenvalue weighted by Crippen LogP contribution is 2.45. The van der Waals surface area contributed by atoms with Crippen LogP contribution in [0.5, 0.6) is 0 Å². The molecule has 8 rings (SSSR count). The summed E-state index contributed by atoms with van der Waals surface area (Å²) in [4.78, 5) is 0. The average Bonchev–Trinajstić information content (AvgIpc) is 3.06. The van der Waals surface area contributed by atoms with Gasteiger partial charge in [0.15, 0.2) is 0 Å². The summed E-state index contributed by atoms with van der Waals surface area (Å²) >= 11 is 0. The van der Waals surface area contributed by atoms with Gasteiger partial charge in [-0.15, -0.1) is 0 Å². The van der Waals surface area contributed by atoms with Crippen molar-refractivity contribution in [3.05, 3.63) is 170 Å². The van der Waals surface area contributed by atoms with Crippen molar-refractivity contribution in [2.24, 2.45) is 0 Å². The second kappa shape index (κ2) is 10.1. The highest BCUT2D eigenvalue weighted by atomic mass is 15.6. The lowest BCUT2D eigenvalue weighted by Gasteiger charge is -2.40. The van der Waals surface area contributed by atoms with Gasteiger partial charge in [0.1, 0.15) is 0 Å². The third-order valence-corrected chi connectivity index (χ3v) is 8.18. The van der Waals surface area contributed by atoms with Crippen LogP contribution in [0.4, 0.5) is 22.7 Å². The zero-order chi connectivity index (χ0) is 27.9. The summed E-state index contributed by atoms with van der Waals surface area (Å²) < 4.78 is 0. The van der Waals surface area contributed by atoms with Crippen LogP contribution in [0, 0.1) is 0 Å². The van der Waals surface area contributed by atoms with Gasteiger partial charge in [0, 0.05) is 21.5 Å². The molecule has 0 aromatic heterocycles. The molecule has 0 heterocycles. The minimum atomic E-state index is 1.12. The monoisotopic (exact) mass is 536 g/mol. The van der Waals surface area contributed by atoms with E-state index in [2.05, 4.69) is 180 Å². The highest BCUT2D eigenvalue weighted by molar-refractivity contribution is 6.08. The van der Waals surface area contributed by atoms with Crippen LogP contribution in [0.15, 0.2) is 170 Å². The van der Waals surface area contributed by atoms with Crippen LogP contribution in [-0.2, 0) is 0 Å². The summed E-state index contributed by atoms with van der Waals surface area (Å²) in [5.74, 6) is 0. The molecular formula is C40H28N2. The lowest BCUT2D eigenvalue weighted by atomic mass is 10.0. The highest BCUT2D eigenvalue weighted by Gasteiger charge is 2.27. The van der Waals surface area contributed by atoms with Crippen molar-refractivity contribution < 1.29 is 0 Å². The van der Waals surface area contributed by atoms with E-state index in [1.807, 2.05) is 0 Å². The zero-order valence-corrected chi connectivity index (χ0v) is 23.1. The number of benzene rings is 8. The first-order valence-electron chi connectivity index (χ1n) is 14.4. The van der Waals surface area contributed by atoms with Gasteiger partial charge in [-0.2, -0.15) is 0 Å². The van der Waals surface area contributed by atoms with Gasteiger partial charge in [0.2, 0.25) is 0 Å². The predicted molar refractivity (Wildman–Crippen MR) is 180 cm³/mol. The number of rotatable bonds is 5. The van der Waals surface area contributed by atoms with E-state index in [4.69, 9.17) is 0 Å². The van der Waals surface area contributed by atoms with E-state index in [1.165, 1.54) is 43.1 Å². The topological polar surface area (TPSA) is 6.48 Å². The van der Waals surface area contributed by atoms with Crippen molar-refractivity contribution in [3.63, 3.8) is 0 Å².